The second-order valence-electron chi connectivity index (χ2n) is 11.4. The van der Waals surface area contributed by atoms with Gasteiger partial charge in [-0.1, -0.05) is 97.1 Å². The molecule has 45 heavy (non-hydrogen) atoms. The van der Waals surface area contributed by atoms with E-state index in [2.05, 4.69) is 6.58 Å². The third kappa shape index (κ3) is 8.86. The molecule has 2 heterocycles. The van der Waals surface area contributed by atoms with E-state index in [1.54, 1.807) is 6.08 Å². The second kappa shape index (κ2) is 16.6. The smallest absolute Gasteiger partial charge is 0.187 e. The Balaban J connectivity index is 1.36. The largest absolute Gasteiger partial charge is 0.385 e. The quantitative estimate of drug-likeness (QED) is 0.251. The molecule has 2 saturated heterocycles. The molecule has 0 spiro atoms. The molecule has 5 rings (SSSR count). The molecule has 3 aromatic rings. The van der Waals surface area contributed by atoms with E-state index in [9.17, 15) is 10.2 Å². The molecule has 0 amide bonds. The lowest BCUT2D eigenvalue weighted by Gasteiger charge is -2.48. The summed E-state index contributed by atoms with van der Waals surface area (Å²) in [6.07, 6.45) is -6.99. The Hall–Kier alpha value is -2.96. The van der Waals surface area contributed by atoms with Crippen LogP contribution in [0.3, 0.4) is 0 Å². The Morgan fingerprint density at radius 1 is 0.600 bits per heavy atom. The average Bonchev–Trinajstić information content (AvgIpc) is 3.06. The number of aliphatic hydroxyl groups is 2. The predicted octanol–water partition coefficient (Wildman–Crippen LogP) is 4.54. The van der Waals surface area contributed by atoms with Gasteiger partial charge in [0.2, 0.25) is 0 Å². The Morgan fingerprint density at radius 3 is 1.53 bits per heavy atom. The summed E-state index contributed by atoms with van der Waals surface area (Å²) in [6.45, 7) is 8.44. The van der Waals surface area contributed by atoms with Crippen LogP contribution in [-0.2, 0) is 53.0 Å². The van der Waals surface area contributed by atoms with Crippen LogP contribution in [0.4, 0.5) is 0 Å². The van der Waals surface area contributed by atoms with Crippen LogP contribution in [0.15, 0.2) is 104 Å². The van der Waals surface area contributed by atoms with E-state index < -0.39 is 61.4 Å². The molecule has 0 aliphatic carbocycles. The van der Waals surface area contributed by atoms with Crippen LogP contribution >= 0.6 is 0 Å². The predicted molar refractivity (Wildman–Crippen MR) is 167 cm³/mol. The number of aliphatic hydroxyl groups excluding tert-OH is 2. The van der Waals surface area contributed by atoms with Gasteiger partial charge in [-0.3, -0.25) is 0 Å². The molecule has 242 valence electrons. The molecule has 2 N–H and O–H groups in total. The first-order valence-electron chi connectivity index (χ1n) is 15.5. The van der Waals surface area contributed by atoms with Gasteiger partial charge in [-0.25, -0.2) is 0 Å². The van der Waals surface area contributed by atoms with E-state index >= 15 is 0 Å². The molecule has 0 unspecified atom stereocenters. The number of benzene rings is 3. The number of rotatable bonds is 14. The van der Waals surface area contributed by atoms with Crippen molar-refractivity contribution in [1.82, 2.24) is 0 Å². The fourth-order valence-electron chi connectivity index (χ4n) is 5.71. The van der Waals surface area contributed by atoms with Crippen LogP contribution in [0.5, 0.6) is 0 Å². The van der Waals surface area contributed by atoms with Crippen molar-refractivity contribution < 1.29 is 43.4 Å². The topological polar surface area (TPSA) is 105 Å². The van der Waals surface area contributed by atoms with Crippen LogP contribution < -0.4 is 0 Å². The zero-order chi connectivity index (χ0) is 31.6. The molecule has 10 atom stereocenters. The fourth-order valence-corrected chi connectivity index (χ4v) is 5.71. The van der Waals surface area contributed by atoms with E-state index in [-0.39, 0.29) is 19.8 Å². The highest BCUT2D eigenvalue weighted by molar-refractivity contribution is 5.15. The van der Waals surface area contributed by atoms with Gasteiger partial charge < -0.3 is 43.4 Å². The number of hydrogen-bond acceptors (Lipinski definition) is 9. The molecular formula is C36H44O9. The maximum absolute atomic E-state index is 11.6. The lowest BCUT2D eigenvalue weighted by molar-refractivity contribution is -0.363. The molecule has 0 bridgehead atoms. The lowest BCUT2D eigenvalue weighted by atomic mass is 9.96. The first kappa shape index (κ1) is 33.4. The first-order chi connectivity index (χ1) is 21.9. The molecule has 3 aromatic carbocycles. The van der Waals surface area contributed by atoms with Crippen molar-refractivity contribution in [2.45, 2.75) is 95.1 Å². The van der Waals surface area contributed by atoms with E-state index in [1.165, 1.54) is 0 Å². The summed E-state index contributed by atoms with van der Waals surface area (Å²) in [7, 11) is 0. The molecule has 9 nitrogen and oxygen atoms in total. The van der Waals surface area contributed by atoms with Crippen molar-refractivity contribution >= 4 is 0 Å². The minimum atomic E-state index is -1.31. The lowest BCUT2D eigenvalue weighted by Crippen LogP contribution is -2.64. The van der Waals surface area contributed by atoms with Crippen molar-refractivity contribution in [3.63, 3.8) is 0 Å². The Morgan fingerprint density at radius 2 is 1.04 bits per heavy atom. The van der Waals surface area contributed by atoms with Gasteiger partial charge in [0.15, 0.2) is 12.6 Å². The van der Waals surface area contributed by atoms with Gasteiger partial charge in [-0.05, 0) is 30.5 Å². The molecule has 9 heteroatoms. The van der Waals surface area contributed by atoms with Crippen LogP contribution in [0, 0.1) is 0 Å². The molecule has 0 saturated carbocycles. The summed E-state index contributed by atoms with van der Waals surface area (Å²) in [6, 6.07) is 29.2. The van der Waals surface area contributed by atoms with E-state index in [0.717, 1.165) is 16.7 Å². The van der Waals surface area contributed by atoms with Gasteiger partial charge in [0.25, 0.3) is 0 Å². The highest BCUT2D eigenvalue weighted by atomic mass is 16.7. The van der Waals surface area contributed by atoms with Crippen LogP contribution in [-0.4, -0.2) is 78.2 Å². The Labute approximate surface area is 265 Å². The van der Waals surface area contributed by atoms with Gasteiger partial charge in [0, 0.05) is 0 Å². The normalized spacial score (nSPS) is 31.8. The van der Waals surface area contributed by atoms with Crippen LogP contribution in [0.25, 0.3) is 0 Å². The summed E-state index contributed by atoms with van der Waals surface area (Å²) < 4.78 is 43.6. The summed E-state index contributed by atoms with van der Waals surface area (Å²) in [5.41, 5.74) is 2.87. The van der Waals surface area contributed by atoms with Crippen LogP contribution in [0.1, 0.15) is 30.5 Å². The molecule has 0 aromatic heterocycles. The van der Waals surface area contributed by atoms with Gasteiger partial charge in [0.05, 0.1) is 38.6 Å². The zero-order valence-electron chi connectivity index (χ0n) is 25.8. The standard InChI is InChI=1S/C36H44O9/c1-4-20-39-32-29(37)36(44-25(3)30(32)40-21-26-14-8-5-9-15-26)45-33-31(41-22-27-16-10-6-11-17-27)24(2)43-35(38)34(33)42-23-28-18-12-7-13-19-28/h4-19,24-25,29-38H,1,20-23H2,2-3H3/t24-,25-,29+,30-,31-,32-,33+,34+,35+,36+/m1/s1. The van der Waals surface area contributed by atoms with E-state index in [4.69, 9.17) is 33.2 Å². The first-order valence-corrected chi connectivity index (χ1v) is 15.5. The van der Waals surface area contributed by atoms with Gasteiger partial charge in [-0.2, -0.15) is 0 Å². The highest BCUT2D eigenvalue weighted by Crippen LogP contribution is 2.34. The molecule has 0 radical (unpaired) electrons. The van der Waals surface area contributed by atoms with Crippen LogP contribution in [0.2, 0.25) is 0 Å². The average molecular weight is 621 g/mol. The van der Waals surface area contributed by atoms with Crippen molar-refractivity contribution in [1.29, 1.82) is 0 Å². The van der Waals surface area contributed by atoms with Gasteiger partial charge in [0.1, 0.15) is 36.6 Å². The summed E-state index contributed by atoms with van der Waals surface area (Å²) in [5.74, 6) is 0. The molecule has 2 aliphatic rings. The highest BCUT2D eigenvalue weighted by Gasteiger charge is 2.51. The summed E-state index contributed by atoms with van der Waals surface area (Å²) in [4.78, 5) is 0. The SMILES string of the molecule is C=CCO[C@@H]1[C@H](O)[C@H](O[C@H]2[C@H](OCc3ccccc3)[C@@H](C)O[C@H](O)[C@H]2OCc2ccccc2)O[C@H](C)[C@H]1OCc1ccccc1. The summed E-state index contributed by atoms with van der Waals surface area (Å²) in [5, 5.41) is 22.7. The number of hydrogen-bond donors (Lipinski definition) is 2. The van der Waals surface area contributed by atoms with E-state index in [1.807, 2.05) is 105 Å². The monoisotopic (exact) mass is 620 g/mol. The van der Waals surface area contributed by atoms with Crippen molar-refractivity contribution in [3.8, 4) is 0 Å². The van der Waals surface area contributed by atoms with Crippen molar-refractivity contribution in [3.05, 3.63) is 120 Å². The maximum atomic E-state index is 11.6. The zero-order valence-corrected chi connectivity index (χ0v) is 25.8. The van der Waals surface area contributed by atoms with Gasteiger partial charge >= 0.3 is 0 Å². The second-order valence-corrected chi connectivity index (χ2v) is 11.4. The summed E-state index contributed by atoms with van der Waals surface area (Å²) >= 11 is 0. The van der Waals surface area contributed by atoms with Crippen molar-refractivity contribution in [2.24, 2.45) is 0 Å². The van der Waals surface area contributed by atoms with Gasteiger partial charge in [-0.15, -0.1) is 6.58 Å². The minimum Gasteiger partial charge on any atom is -0.385 e. The molecule has 2 aliphatic heterocycles. The third-order valence-corrected chi connectivity index (χ3v) is 8.05. The van der Waals surface area contributed by atoms with E-state index in [0.29, 0.717) is 6.61 Å². The molecular weight excluding hydrogens is 576 g/mol. The maximum Gasteiger partial charge on any atom is 0.187 e. The minimum absolute atomic E-state index is 0.199. The Kier molecular flexibility index (Phi) is 12.3. The fraction of sp³-hybridized carbons (Fsp3) is 0.444. The molecule has 2 fully saturated rings. The Bertz CT molecular complexity index is 1220. The third-order valence-electron chi connectivity index (χ3n) is 8.05. The van der Waals surface area contributed by atoms with Crippen molar-refractivity contribution in [2.75, 3.05) is 6.61 Å². The number of ether oxygens (including phenoxy) is 7.